The Labute approximate surface area is 164 Å². The maximum atomic E-state index is 12.3. The summed E-state index contributed by atoms with van der Waals surface area (Å²) in [6, 6.07) is 15.3. The summed E-state index contributed by atoms with van der Waals surface area (Å²) in [6.45, 7) is 2.52. The molecular weight excluding hydrogens is 416 g/mol. The summed E-state index contributed by atoms with van der Waals surface area (Å²) in [6.07, 6.45) is 3.38. The molecule has 0 bridgehead atoms. The zero-order valence-electron chi connectivity index (χ0n) is 14.0. The highest BCUT2D eigenvalue weighted by atomic mass is 79.9. The van der Waals surface area contributed by atoms with Gasteiger partial charge in [0.05, 0.1) is 17.2 Å². The predicted octanol–water partition coefficient (Wildman–Crippen LogP) is 4.42. The van der Waals surface area contributed by atoms with Gasteiger partial charge in [-0.25, -0.2) is 5.43 Å². The Hall–Kier alpha value is -2.44. The zero-order valence-corrected chi connectivity index (χ0v) is 16.3. The van der Waals surface area contributed by atoms with Gasteiger partial charge in [-0.1, -0.05) is 48.0 Å². The van der Waals surface area contributed by atoms with Gasteiger partial charge in [0.2, 0.25) is 0 Å². The molecule has 0 unspecified atom stereocenters. The van der Waals surface area contributed by atoms with E-state index in [1.807, 2.05) is 55.5 Å². The predicted molar refractivity (Wildman–Crippen MR) is 107 cm³/mol. The Bertz CT molecular complexity index is 950. The number of halogens is 2. The van der Waals surface area contributed by atoms with Gasteiger partial charge in [-0.3, -0.25) is 9.48 Å². The van der Waals surface area contributed by atoms with Gasteiger partial charge in [-0.15, -0.1) is 0 Å². The molecule has 0 saturated carbocycles. The number of hydrogen-bond donors (Lipinski definition) is 1. The Morgan fingerprint density at radius 1 is 1.27 bits per heavy atom. The SMILES string of the molecule is Cc1ccccc1/C=N/NC(=O)c1nn(Cc2ccc(Cl)cc2)cc1Br. The molecule has 0 aliphatic rings. The van der Waals surface area contributed by atoms with E-state index in [1.54, 1.807) is 17.1 Å². The smallest absolute Gasteiger partial charge is 0.266 e. The average molecular weight is 432 g/mol. The number of carbonyl (C=O) groups is 1. The highest BCUT2D eigenvalue weighted by Crippen LogP contribution is 2.17. The lowest BCUT2D eigenvalue weighted by molar-refractivity contribution is 0.0948. The van der Waals surface area contributed by atoms with Crippen LogP contribution in [-0.2, 0) is 6.54 Å². The Kier molecular flexibility index (Phi) is 5.85. The van der Waals surface area contributed by atoms with Crippen molar-refractivity contribution in [2.24, 2.45) is 5.10 Å². The molecule has 3 aromatic rings. The van der Waals surface area contributed by atoms with Crippen molar-refractivity contribution in [2.45, 2.75) is 13.5 Å². The fraction of sp³-hybridized carbons (Fsp3) is 0.105. The number of benzene rings is 2. The number of hydrazone groups is 1. The molecule has 132 valence electrons. The van der Waals surface area contributed by atoms with Gasteiger partial charge in [-0.05, 0) is 51.7 Å². The summed E-state index contributed by atoms with van der Waals surface area (Å²) >= 11 is 9.27. The van der Waals surface area contributed by atoms with Crippen molar-refractivity contribution in [3.05, 3.63) is 86.6 Å². The number of hydrogen-bond acceptors (Lipinski definition) is 3. The first-order chi connectivity index (χ1) is 12.5. The summed E-state index contributed by atoms with van der Waals surface area (Å²) < 4.78 is 2.29. The van der Waals surface area contributed by atoms with Crippen molar-refractivity contribution in [3.8, 4) is 0 Å². The Balaban J connectivity index is 1.67. The van der Waals surface area contributed by atoms with Crippen LogP contribution in [0.1, 0.15) is 27.2 Å². The van der Waals surface area contributed by atoms with Gasteiger partial charge in [-0.2, -0.15) is 10.2 Å². The molecule has 0 aliphatic carbocycles. The van der Waals surface area contributed by atoms with E-state index in [4.69, 9.17) is 11.6 Å². The number of aromatic nitrogens is 2. The van der Waals surface area contributed by atoms with Crippen molar-refractivity contribution < 1.29 is 4.79 Å². The molecule has 0 aliphatic heterocycles. The van der Waals surface area contributed by atoms with Gasteiger partial charge < -0.3 is 0 Å². The third-order valence-corrected chi connectivity index (χ3v) is 4.58. The third-order valence-electron chi connectivity index (χ3n) is 3.75. The van der Waals surface area contributed by atoms with Crippen molar-refractivity contribution in [1.29, 1.82) is 0 Å². The summed E-state index contributed by atoms with van der Waals surface area (Å²) in [5.41, 5.74) is 5.85. The lowest BCUT2D eigenvalue weighted by Gasteiger charge is -2.02. The van der Waals surface area contributed by atoms with Crippen LogP contribution in [0.15, 0.2) is 64.3 Å². The maximum Gasteiger partial charge on any atom is 0.293 e. The number of rotatable bonds is 5. The number of carbonyl (C=O) groups excluding carboxylic acids is 1. The van der Waals surface area contributed by atoms with E-state index in [0.29, 0.717) is 16.0 Å². The first-order valence-electron chi connectivity index (χ1n) is 7.89. The fourth-order valence-electron chi connectivity index (χ4n) is 2.35. The fourth-order valence-corrected chi connectivity index (χ4v) is 2.98. The van der Waals surface area contributed by atoms with Crippen LogP contribution in [-0.4, -0.2) is 21.9 Å². The van der Waals surface area contributed by atoms with Gasteiger partial charge in [0.15, 0.2) is 5.69 Å². The largest absolute Gasteiger partial charge is 0.293 e. The topological polar surface area (TPSA) is 59.3 Å². The highest BCUT2D eigenvalue weighted by Gasteiger charge is 2.14. The molecular formula is C19H16BrClN4O. The first kappa shape index (κ1) is 18.4. The molecule has 3 rings (SSSR count). The average Bonchev–Trinajstić information content (AvgIpc) is 2.99. The minimum Gasteiger partial charge on any atom is -0.266 e. The van der Waals surface area contributed by atoms with E-state index in [0.717, 1.165) is 16.7 Å². The third kappa shape index (κ3) is 4.59. The van der Waals surface area contributed by atoms with E-state index in [2.05, 4.69) is 31.6 Å². The standard InChI is InChI=1S/C19H16BrClN4O/c1-13-4-2-3-5-15(13)10-22-23-19(26)18-17(20)12-25(24-18)11-14-6-8-16(21)9-7-14/h2-10,12H,11H2,1H3,(H,23,26)/b22-10+. The second-order valence-corrected chi connectivity index (χ2v) is 7.00. The molecule has 0 saturated heterocycles. The van der Waals surface area contributed by atoms with Crippen LogP contribution in [0.5, 0.6) is 0 Å². The summed E-state index contributed by atoms with van der Waals surface area (Å²) in [4.78, 5) is 12.3. The molecule has 2 aromatic carbocycles. The second kappa shape index (κ2) is 8.29. The molecule has 1 N–H and O–H groups in total. The number of amides is 1. The quantitative estimate of drug-likeness (QED) is 0.480. The number of nitrogens with zero attached hydrogens (tertiary/aromatic N) is 3. The summed E-state index contributed by atoms with van der Waals surface area (Å²) in [5, 5.41) is 9.02. The molecule has 0 radical (unpaired) electrons. The van der Waals surface area contributed by atoms with Gasteiger partial charge >= 0.3 is 0 Å². The molecule has 0 atom stereocenters. The van der Waals surface area contributed by atoms with Crippen molar-refractivity contribution in [1.82, 2.24) is 15.2 Å². The zero-order chi connectivity index (χ0) is 18.5. The lowest BCUT2D eigenvalue weighted by Crippen LogP contribution is -2.19. The first-order valence-corrected chi connectivity index (χ1v) is 9.06. The summed E-state index contributed by atoms with van der Waals surface area (Å²) in [7, 11) is 0. The monoisotopic (exact) mass is 430 g/mol. The molecule has 5 nitrogen and oxygen atoms in total. The van der Waals surface area contributed by atoms with E-state index in [9.17, 15) is 4.79 Å². The molecule has 1 amide bonds. The van der Waals surface area contributed by atoms with Crippen LogP contribution in [0.4, 0.5) is 0 Å². The molecule has 1 aromatic heterocycles. The van der Waals surface area contributed by atoms with Crippen molar-refractivity contribution in [2.75, 3.05) is 0 Å². The van der Waals surface area contributed by atoms with E-state index < -0.39 is 0 Å². The number of nitrogens with one attached hydrogen (secondary N) is 1. The van der Waals surface area contributed by atoms with Crippen LogP contribution in [0, 0.1) is 6.92 Å². The minimum absolute atomic E-state index is 0.279. The van der Waals surface area contributed by atoms with Gasteiger partial charge in [0.1, 0.15) is 0 Å². The normalized spacial score (nSPS) is 11.0. The van der Waals surface area contributed by atoms with Crippen molar-refractivity contribution in [3.63, 3.8) is 0 Å². The Morgan fingerprint density at radius 3 is 2.73 bits per heavy atom. The van der Waals surface area contributed by atoms with Gasteiger partial charge in [0, 0.05) is 11.2 Å². The molecule has 26 heavy (non-hydrogen) atoms. The van der Waals surface area contributed by atoms with Crippen LogP contribution < -0.4 is 5.43 Å². The lowest BCUT2D eigenvalue weighted by atomic mass is 10.1. The van der Waals surface area contributed by atoms with Gasteiger partial charge in [0.25, 0.3) is 5.91 Å². The van der Waals surface area contributed by atoms with Crippen LogP contribution in [0.25, 0.3) is 0 Å². The van der Waals surface area contributed by atoms with Crippen LogP contribution in [0.3, 0.4) is 0 Å². The van der Waals surface area contributed by atoms with E-state index in [1.165, 1.54) is 0 Å². The summed E-state index contributed by atoms with van der Waals surface area (Å²) in [5.74, 6) is -0.378. The molecule has 1 heterocycles. The van der Waals surface area contributed by atoms with Crippen molar-refractivity contribution >= 4 is 39.7 Å². The Morgan fingerprint density at radius 2 is 2.00 bits per heavy atom. The molecule has 0 fully saturated rings. The van der Waals surface area contributed by atoms with E-state index in [-0.39, 0.29) is 11.6 Å². The maximum absolute atomic E-state index is 12.3. The van der Waals surface area contributed by atoms with E-state index >= 15 is 0 Å². The number of aryl methyl sites for hydroxylation is 1. The second-order valence-electron chi connectivity index (χ2n) is 5.71. The van der Waals surface area contributed by atoms with Crippen LogP contribution in [0.2, 0.25) is 5.02 Å². The molecule has 0 spiro atoms. The van der Waals surface area contributed by atoms with Crippen LogP contribution >= 0.6 is 27.5 Å². The highest BCUT2D eigenvalue weighted by molar-refractivity contribution is 9.10. The minimum atomic E-state index is -0.378. The molecule has 7 heteroatoms.